The minimum Gasteiger partial charge on any atom is -0.460 e. The van der Waals surface area contributed by atoms with Crippen LogP contribution in [0.4, 0.5) is 0 Å². The number of carbonyl (C=O) groups excluding carboxylic acids is 2. The van der Waals surface area contributed by atoms with Gasteiger partial charge in [-0.05, 0) is 34.4 Å². The fourth-order valence-corrected chi connectivity index (χ4v) is 3.89. The Hall–Kier alpha value is -3.44. The number of esters is 2. The summed E-state index contributed by atoms with van der Waals surface area (Å²) in [6, 6.07) is 26.6. The molecule has 0 spiro atoms. The molecule has 1 aliphatic carbocycles. The molecular weight excluding hydrogens is 480 g/mol. The highest BCUT2D eigenvalue weighted by Gasteiger charge is 2.49. The van der Waals surface area contributed by atoms with Crippen molar-refractivity contribution in [2.75, 3.05) is 0 Å². The highest BCUT2D eigenvalue weighted by molar-refractivity contribution is 9.10. The van der Waals surface area contributed by atoms with Gasteiger partial charge in [0.05, 0.1) is 0 Å². The van der Waals surface area contributed by atoms with Crippen LogP contribution in [0.5, 0.6) is 0 Å². The highest BCUT2D eigenvalue weighted by atomic mass is 79.9. The Morgan fingerprint density at radius 3 is 1.82 bits per heavy atom. The summed E-state index contributed by atoms with van der Waals surface area (Å²) in [4.78, 5) is 26.5. The van der Waals surface area contributed by atoms with Gasteiger partial charge in [-0.15, -0.1) is 0 Å². The Balaban J connectivity index is 1.53. The predicted octanol–water partition coefficient (Wildman–Crippen LogP) is 6.27. The van der Waals surface area contributed by atoms with Gasteiger partial charge in [-0.25, -0.2) is 0 Å². The molecule has 4 nitrogen and oxygen atoms in total. The zero-order valence-electron chi connectivity index (χ0n) is 17.9. The van der Waals surface area contributed by atoms with Gasteiger partial charge in [0.25, 0.3) is 0 Å². The lowest BCUT2D eigenvalue weighted by Crippen LogP contribution is -2.39. The smallest absolute Gasteiger partial charge is 0.328 e. The Morgan fingerprint density at radius 1 is 0.788 bits per heavy atom. The molecule has 166 valence electrons. The largest absolute Gasteiger partial charge is 0.460 e. The summed E-state index contributed by atoms with van der Waals surface area (Å²) in [5.41, 5.74) is 2.03. The standard InChI is InChI=1S/C28H23BrO4/c29-25-13-11-21(12-14-25)17-24-15-16-28(18-24,26(30)32-19-22-7-3-1-4-8-22)27(31)33-20-23-9-5-2-6-10-23/h1-17H,18-20H2/b24-17-. The summed E-state index contributed by atoms with van der Waals surface area (Å²) in [5, 5.41) is 0. The van der Waals surface area contributed by atoms with Crippen molar-refractivity contribution < 1.29 is 19.1 Å². The first-order valence-corrected chi connectivity index (χ1v) is 11.4. The summed E-state index contributed by atoms with van der Waals surface area (Å²) < 4.78 is 12.1. The second kappa shape index (κ2) is 10.5. The second-order valence-corrected chi connectivity index (χ2v) is 8.79. The first-order chi connectivity index (χ1) is 16.0. The number of hydrogen-bond acceptors (Lipinski definition) is 4. The maximum absolute atomic E-state index is 13.2. The van der Waals surface area contributed by atoms with Crippen molar-refractivity contribution in [3.8, 4) is 0 Å². The molecule has 0 amide bonds. The Labute approximate surface area is 201 Å². The minimum atomic E-state index is -1.51. The number of rotatable bonds is 7. The molecule has 3 aromatic rings. The summed E-state index contributed by atoms with van der Waals surface area (Å²) in [6.45, 7) is 0.181. The zero-order chi connectivity index (χ0) is 23.1. The predicted molar refractivity (Wildman–Crippen MR) is 131 cm³/mol. The van der Waals surface area contributed by atoms with Crippen molar-refractivity contribution in [2.45, 2.75) is 19.6 Å². The number of carbonyl (C=O) groups is 2. The van der Waals surface area contributed by atoms with Crippen LogP contribution >= 0.6 is 15.9 Å². The van der Waals surface area contributed by atoms with Crippen LogP contribution < -0.4 is 0 Å². The average Bonchev–Trinajstić information content (AvgIpc) is 3.29. The quantitative estimate of drug-likeness (QED) is 0.282. The Morgan fingerprint density at radius 2 is 1.30 bits per heavy atom. The molecule has 0 N–H and O–H groups in total. The van der Waals surface area contributed by atoms with E-state index in [0.29, 0.717) is 0 Å². The average molecular weight is 503 g/mol. The number of halogens is 1. The van der Waals surface area contributed by atoms with Gasteiger partial charge in [-0.1, -0.05) is 107 Å². The number of ether oxygens (including phenoxy) is 2. The molecule has 5 heteroatoms. The van der Waals surface area contributed by atoms with Crippen molar-refractivity contribution in [1.29, 1.82) is 0 Å². The molecule has 0 saturated heterocycles. The van der Waals surface area contributed by atoms with E-state index in [4.69, 9.17) is 9.47 Å². The van der Waals surface area contributed by atoms with Crippen molar-refractivity contribution in [1.82, 2.24) is 0 Å². The topological polar surface area (TPSA) is 52.6 Å². The van der Waals surface area contributed by atoms with Gasteiger partial charge >= 0.3 is 11.9 Å². The van der Waals surface area contributed by atoms with Crippen LogP contribution in [0.3, 0.4) is 0 Å². The molecule has 4 rings (SSSR count). The summed E-state index contributed by atoms with van der Waals surface area (Å²) >= 11 is 3.43. The molecule has 0 saturated carbocycles. The van der Waals surface area contributed by atoms with Crippen LogP contribution in [0.25, 0.3) is 6.08 Å². The SMILES string of the molecule is O=C(OCc1ccccc1)C1(C(=O)OCc2ccccc2)C=C/C(=C/c2ccc(Br)cc2)C1. The van der Waals surface area contributed by atoms with E-state index in [0.717, 1.165) is 26.7 Å². The van der Waals surface area contributed by atoms with Gasteiger partial charge in [-0.3, -0.25) is 9.59 Å². The first kappa shape index (κ1) is 22.7. The van der Waals surface area contributed by atoms with Gasteiger partial charge < -0.3 is 9.47 Å². The molecule has 0 aromatic heterocycles. The Kier molecular flexibility index (Phi) is 7.20. The lowest BCUT2D eigenvalue weighted by Gasteiger charge is -2.23. The van der Waals surface area contributed by atoms with E-state index in [-0.39, 0.29) is 19.6 Å². The molecule has 0 aliphatic heterocycles. The fourth-order valence-electron chi connectivity index (χ4n) is 3.63. The van der Waals surface area contributed by atoms with Crippen LogP contribution in [0.2, 0.25) is 0 Å². The maximum Gasteiger partial charge on any atom is 0.328 e. The third kappa shape index (κ3) is 5.68. The normalized spacial score (nSPS) is 15.4. The van der Waals surface area contributed by atoms with Gasteiger partial charge in [0.1, 0.15) is 13.2 Å². The van der Waals surface area contributed by atoms with E-state index in [1.54, 1.807) is 12.2 Å². The van der Waals surface area contributed by atoms with Crippen LogP contribution in [-0.4, -0.2) is 11.9 Å². The molecule has 0 unspecified atom stereocenters. The molecule has 0 atom stereocenters. The molecule has 33 heavy (non-hydrogen) atoms. The van der Waals surface area contributed by atoms with Gasteiger partial charge in [0.2, 0.25) is 0 Å². The van der Waals surface area contributed by atoms with E-state index in [9.17, 15) is 9.59 Å². The molecule has 0 heterocycles. The molecule has 0 bridgehead atoms. The van der Waals surface area contributed by atoms with Crippen molar-refractivity contribution in [3.63, 3.8) is 0 Å². The van der Waals surface area contributed by atoms with Crippen LogP contribution in [0, 0.1) is 5.41 Å². The monoisotopic (exact) mass is 502 g/mol. The van der Waals surface area contributed by atoms with Crippen molar-refractivity contribution in [2.24, 2.45) is 5.41 Å². The Bertz CT molecular complexity index is 1110. The van der Waals surface area contributed by atoms with E-state index in [2.05, 4.69) is 15.9 Å². The van der Waals surface area contributed by atoms with Crippen LogP contribution in [-0.2, 0) is 32.3 Å². The summed E-state index contributed by atoms with van der Waals surface area (Å²) in [6.07, 6.45) is 5.55. The summed E-state index contributed by atoms with van der Waals surface area (Å²) in [7, 11) is 0. The first-order valence-electron chi connectivity index (χ1n) is 10.6. The molecular formula is C28H23BrO4. The molecule has 0 radical (unpaired) electrons. The third-order valence-corrected chi connectivity index (χ3v) is 5.97. The number of hydrogen-bond donors (Lipinski definition) is 0. The zero-order valence-corrected chi connectivity index (χ0v) is 19.5. The van der Waals surface area contributed by atoms with E-state index in [1.807, 2.05) is 91.0 Å². The van der Waals surface area contributed by atoms with Gasteiger partial charge in [0, 0.05) is 10.9 Å². The van der Waals surface area contributed by atoms with Crippen molar-refractivity contribution in [3.05, 3.63) is 124 Å². The second-order valence-electron chi connectivity index (χ2n) is 7.88. The van der Waals surface area contributed by atoms with E-state index < -0.39 is 17.4 Å². The highest BCUT2D eigenvalue weighted by Crippen LogP contribution is 2.39. The van der Waals surface area contributed by atoms with E-state index >= 15 is 0 Å². The molecule has 1 aliphatic rings. The van der Waals surface area contributed by atoms with Crippen LogP contribution in [0.15, 0.2) is 107 Å². The molecule has 0 fully saturated rings. The lowest BCUT2D eigenvalue weighted by molar-refractivity contribution is -0.169. The third-order valence-electron chi connectivity index (χ3n) is 5.44. The fraction of sp³-hybridized carbons (Fsp3) is 0.143. The number of allylic oxidation sites excluding steroid dienone is 2. The number of benzene rings is 3. The van der Waals surface area contributed by atoms with Gasteiger partial charge in [0.15, 0.2) is 5.41 Å². The van der Waals surface area contributed by atoms with Crippen LogP contribution in [0.1, 0.15) is 23.1 Å². The minimum absolute atomic E-state index is 0.0903. The summed E-state index contributed by atoms with van der Waals surface area (Å²) in [5.74, 6) is -1.22. The lowest BCUT2D eigenvalue weighted by atomic mass is 9.86. The van der Waals surface area contributed by atoms with Gasteiger partial charge in [-0.2, -0.15) is 0 Å². The van der Waals surface area contributed by atoms with Crippen molar-refractivity contribution >= 4 is 33.9 Å². The molecule has 3 aromatic carbocycles. The van der Waals surface area contributed by atoms with E-state index in [1.165, 1.54) is 0 Å². The maximum atomic E-state index is 13.2.